The van der Waals surface area contributed by atoms with E-state index in [1.165, 1.54) is 23.5 Å². The van der Waals surface area contributed by atoms with Gasteiger partial charge in [0, 0.05) is 23.3 Å². The molecular weight excluding hydrogens is 252 g/mol. The Morgan fingerprint density at radius 2 is 1.84 bits per heavy atom. The highest BCUT2D eigenvalue weighted by Gasteiger charge is 2.22. The van der Waals surface area contributed by atoms with Crippen LogP contribution in [0.5, 0.6) is 0 Å². The van der Waals surface area contributed by atoms with E-state index in [4.69, 9.17) is 4.98 Å². The monoisotopic (exact) mass is 282 g/mol. The van der Waals surface area contributed by atoms with Crippen LogP contribution < -0.4 is 5.32 Å². The summed E-state index contributed by atoms with van der Waals surface area (Å²) in [5.41, 5.74) is 1.39. The van der Waals surface area contributed by atoms with Gasteiger partial charge in [-0.05, 0) is 12.5 Å². The van der Waals surface area contributed by atoms with E-state index in [1.807, 2.05) is 11.3 Å². The molecule has 0 aromatic carbocycles. The van der Waals surface area contributed by atoms with Crippen LogP contribution >= 0.6 is 11.3 Å². The van der Waals surface area contributed by atoms with Crippen LogP contribution in [-0.2, 0) is 11.8 Å². The summed E-state index contributed by atoms with van der Waals surface area (Å²) < 4.78 is 0. The molecule has 0 saturated carbocycles. The highest BCUT2D eigenvalue weighted by molar-refractivity contribution is 7.09. The molecule has 1 rings (SSSR count). The van der Waals surface area contributed by atoms with E-state index < -0.39 is 0 Å². The number of thiazole rings is 1. The molecule has 0 aliphatic rings. The SMILES string of the molecule is CCNC(Cc1nc(C(C)(C)C)cs1)C(CC)CC. The molecule has 19 heavy (non-hydrogen) atoms. The summed E-state index contributed by atoms with van der Waals surface area (Å²) in [5, 5.41) is 7.16. The van der Waals surface area contributed by atoms with Crippen molar-refractivity contribution < 1.29 is 0 Å². The average molecular weight is 282 g/mol. The molecule has 0 amide bonds. The molecule has 110 valence electrons. The minimum absolute atomic E-state index is 0.164. The van der Waals surface area contributed by atoms with E-state index in [9.17, 15) is 0 Å². The van der Waals surface area contributed by atoms with E-state index in [1.54, 1.807) is 0 Å². The molecule has 0 bridgehead atoms. The quantitative estimate of drug-likeness (QED) is 0.802. The van der Waals surface area contributed by atoms with Crippen molar-refractivity contribution in [1.82, 2.24) is 10.3 Å². The van der Waals surface area contributed by atoms with Crippen molar-refractivity contribution in [2.24, 2.45) is 5.92 Å². The lowest BCUT2D eigenvalue weighted by Crippen LogP contribution is -2.37. The van der Waals surface area contributed by atoms with Crippen LogP contribution in [0.3, 0.4) is 0 Å². The summed E-state index contributed by atoms with van der Waals surface area (Å²) >= 11 is 1.82. The minimum atomic E-state index is 0.164. The third kappa shape index (κ3) is 4.88. The Kier molecular flexibility index (Phi) is 6.48. The fraction of sp³-hybridized carbons (Fsp3) is 0.812. The smallest absolute Gasteiger partial charge is 0.0944 e. The maximum absolute atomic E-state index is 4.83. The summed E-state index contributed by atoms with van der Waals surface area (Å²) in [5.74, 6) is 0.752. The second kappa shape index (κ2) is 7.39. The summed E-state index contributed by atoms with van der Waals surface area (Å²) in [6, 6.07) is 0.568. The predicted octanol–water partition coefficient (Wildman–Crippen LogP) is 4.40. The highest BCUT2D eigenvalue weighted by atomic mass is 32.1. The van der Waals surface area contributed by atoms with Crippen molar-refractivity contribution in [3.8, 4) is 0 Å². The maximum Gasteiger partial charge on any atom is 0.0944 e. The van der Waals surface area contributed by atoms with Crippen LogP contribution in [0.4, 0.5) is 0 Å². The summed E-state index contributed by atoms with van der Waals surface area (Å²) in [7, 11) is 0. The van der Waals surface area contributed by atoms with E-state index in [0.717, 1.165) is 18.9 Å². The Morgan fingerprint density at radius 1 is 1.21 bits per heavy atom. The third-order valence-corrected chi connectivity index (χ3v) is 4.67. The molecule has 0 saturated heterocycles. The second-order valence-corrected chi connectivity index (χ2v) is 7.26. The average Bonchev–Trinajstić information content (AvgIpc) is 2.79. The second-order valence-electron chi connectivity index (χ2n) is 6.32. The van der Waals surface area contributed by atoms with Gasteiger partial charge in [0.1, 0.15) is 0 Å². The number of aromatic nitrogens is 1. The lowest BCUT2D eigenvalue weighted by molar-refractivity contribution is 0.336. The first-order chi connectivity index (χ1) is 8.92. The number of hydrogen-bond donors (Lipinski definition) is 1. The fourth-order valence-electron chi connectivity index (χ4n) is 2.46. The maximum atomic E-state index is 4.83. The molecule has 0 aliphatic heterocycles. The topological polar surface area (TPSA) is 24.9 Å². The highest BCUT2D eigenvalue weighted by Crippen LogP contribution is 2.26. The normalized spacial score (nSPS) is 14.1. The van der Waals surface area contributed by atoms with Gasteiger partial charge in [0.25, 0.3) is 0 Å². The molecule has 2 nitrogen and oxygen atoms in total. The number of rotatable bonds is 7. The molecule has 1 N–H and O–H groups in total. The summed E-state index contributed by atoms with van der Waals surface area (Å²) in [4.78, 5) is 4.83. The number of nitrogens with zero attached hydrogens (tertiary/aromatic N) is 1. The first kappa shape index (κ1) is 16.6. The Balaban J connectivity index is 2.76. The molecule has 1 aromatic rings. The van der Waals surface area contributed by atoms with Crippen molar-refractivity contribution in [1.29, 1.82) is 0 Å². The van der Waals surface area contributed by atoms with Gasteiger partial charge in [0.2, 0.25) is 0 Å². The first-order valence-corrected chi connectivity index (χ1v) is 8.48. The van der Waals surface area contributed by atoms with Crippen molar-refractivity contribution in [2.75, 3.05) is 6.54 Å². The van der Waals surface area contributed by atoms with Crippen LogP contribution in [0.2, 0.25) is 0 Å². The molecule has 3 heteroatoms. The van der Waals surface area contributed by atoms with E-state index in [2.05, 4.69) is 52.2 Å². The molecule has 0 fully saturated rings. The number of hydrogen-bond acceptors (Lipinski definition) is 3. The predicted molar refractivity (Wildman–Crippen MR) is 86.1 cm³/mol. The number of likely N-dealkylation sites (N-methyl/N-ethyl adjacent to an activating group) is 1. The van der Waals surface area contributed by atoms with E-state index >= 15 is 0 Å². The molecule has 1 atom stereocenters. The Labute approximate surface area is 123 Å². The Morgan fingerprint density at radius 3 is 2.26 bits per heavy atom. The van der Waals surface area contributed by atoms with E-state index in [-0.39, 0.29) is 5.41 Å². The van der Waals surface area contributed by atoms with Crippen LogP contribution in [0.25, 0.3) is 0 Å². The molecule has 1 unspecified atom stereocenters. The number of nitrogens with one attached hydrogen (secondary N) is 1. The summed E-state index contributed by atoms with van der Waals surface area (Å²) in [6.07, 6.45) is 3.55. The van der Waals surface area contributed by atoms with Gasteiger partial charge in [0.05, 0.1) is 10.7 Å². The Hall–Kier alpha value is -0.410. The zero-order valence-electron chi connectivity index (χ0n) is 13.4. The fourth-order valence-corrected chi connectivity index (χ4v) is 3.54. The van der Waals surface area contributed by atoms with Gasteiger partial charge in [-0.2, -0.15) is 0 Å². The molecule has 0 spiro atoms. The van der Waals surface area contributed by atoms with Gasteiger partial charge in [-0.3, -0.25) is 0 Å². The van der Waals surface area contributed by atoms with Gasteiger partial charge in [0.15, 0.2) is 0 Å². The zero-order valence-corrected chi connectivity index (χ0v) is 14.2. The van der Waals surface area contributed by atoms with Gasteiger partial charge >= 0.3 is 0 Å². The third-order valence-electron chi connectivity index (χ3n) is 3.80. The molecule has 1 heterocycles. The lowest BCUT2D eigenvalue weighted by atomic mass is 9.91. The zero-order chi connectivity index (χ0) is 14.5. The van der Waals surface area contributed by atoms with Crippen LogP contribution in [0.15, 0.2) is 5.38 Å². The van der Waals surface area contributed by atoms with Gasteiger partial charge in [-0.25, -0.2) is 4.98 Å². The molecule has 0 aliphatic carbocycles. The molecule has 0 radical (unpaired) electrons. The van der Waals surface area contributed by atoms with Crippen molar-refractivity contribution >= 4 is 11.3 Å². The largest absolute Gasteiger partial charge is 0.314 e. The summed E-state index contributed by atoms with van der Waals surface area (Å²) in [6.45, 7) is 14.5. The van der Waals surface area contributed by atoms with Crippen molar-refractivity contribution in [3.05, 3.63) is 16.1 Å². The minimum Gasteiger partial charge on any atom is -0.314 e. The van der Waals surface area contributed by atoms with Crippen molar-refractivity contribution in [3.63, 3.8) is 0 Å². The first-order valence-electron chi connectivity index (χ1n) is 7.60. The standard InChI is InChI=1S/C16H30N2S/c1-7-12(8-2)13(17-9-3)10-15-18-14(11-19-15)16(4,5)6/h11-13,17H,7-10H2,1-6H3. The van der Waals surface area contributed by atoms with Gasteiger partial charge in [-0.15, -0.1) is 11.3 Å². The molecular formula is C16H30N2S. The lowest BCUT2D eigenvalue weighted by Gasteiger charge is -2.25. The van der Waals surface area contributed by atoms with Crippen LogP contribution in [-0.4, -0.2) is 17.6 Å². The van der Waals surface area contributed by atoms with Crippen LogP contribution in [0.1, 0.15) is 65.1 Å². The van der Waals surface area contributed by atoms with Gasteiger partial charge in [-0.1, -0.05) is 54.4 Å². The van der Waals surface area contributed by atoms with Crippen molar-refractivity contribution in [2.45, 2.75) is 72.3 Å². The van der Waals surface area contributed by atoms with Gasteiger partial charge < -0.3 is 5.32 Å². The molecule has 1 aromatic heterocycles. The van der Waals surface area contributed by atoms with Crippen LogP contribution in [0, 0.1) is 5.92 Å². The van der Waals surface area contributed by atoms with E-state index in [0.29, 0.717) is 6.04 Å². The Bertz CT molecular complexity index is 361.